The van der Waals surface area contributed by atoms with Gasteiger partial charge in [-0.15, -0.1) is 0 Å². The van der Waals surface area contributed by atoms with E-state index in [-0.39, 0.29) is 24.7 Å². The fourth-order valence-corrected chi connectivity index (χ4v) is 8.67. The second kappa shape index (κ2) is 17.8. The maximum Gasteiger partial charge on any atom is 0.408 e. The van der Waals surface area contributed by atoms with Gasteiger partial charge in [-0.2, -0.15) is 0 Å². The summed E-state index contributed by atoms with van der Waals surface area (Å²) < 4.78 is 0. The fourth-order valence-electron chi connectivity index (χ4n) is 8.48. The number of hydrogen-bond donors (Lipinski definition) is 4. The average Bonchev–Trinajstić information content (AvgIpc) is 3.56. The molecule has 0 bridgehead atoms. The molecule has 2 fully saturated rings. The van der Waals surface area contributed by atoms with Gasteiger partial charge in [0.15, 0.2) is 6.10 Å². The maximum absolute atomic E-state index is 15.0. The van der Waals surface area contributed by atoms with Gasteiger partial charge in [0, 0.05) is 36.0 Å². The number of aliphatic hydroxyl groups excluding tert-OH is 1. The Balaban J connectivity index is 1.63. The molecule has 53 heavy (non-hydrogen) atoms. The Morgan fingerprint density at radius 3 is 2.25 bits per heavy atom. The summed E-state index contributed by atoms with van der Waals surface area (Å²) in [5.41, 5.74) is 0.626. The van der Waals surface area contributed by atoms with Gasteiger partial charge in [-0.1, -0.05) is 106 Å². The molecule has 3 aromatic carbocycles. The lowest BCUT2D eigenvalue weighted by Crippen LogP contribution is -2.59. The highest BCUT2D eigenvalue weighted by Gasteiger charge is 2.46. The first-order valence-corrected chi connectivity index (χ1v) is 19.5. The standard InChI is InChI=1S/C42H55ClN4O6/c1-5-46(6-2)40(51)36(48)34(25-31-21-22-44-38(31)49)45-39(50)35(23-27-13-8-7-9-14-27)47(41(52)53)37(42(3,4)32-17-12-18-33(43)26-32)30-20-19-28-15-10-11-16-29(28)24-30/h10-12,15-20,24,26-27,31,34-37,48H,5-9,13-14,21-23,25H2,1-4H3,(H,44,49)(H,45,50)(H,52,53)/t31-,34-,35-,36?,37?/m0/s1. The second-order valence-electron chi connectivity index (χ2n) is 15.3. The van der Waals surface area contributed by atoms with Crippen LogP contribution in [0.15, 0.2) is 66.7 Å². The number of carboxylic acid groups (broad SMARTS) is 1. The van der Waals surface area contributed by atoms with Crippen LogP contribution in [-0.2, 0) is 19.8 Å². The first-order valence-electron chi connectivity index (χ1n) is 19.2. The van der Waals surface area contributed by atoms with E-state index in [1.54, 1.807) is 6.07 Å². The Hall–Kier alpha value is -4.15. The summed E-state index contributed by atoms with van der Waals surface area (Å²) in [5.74, 6) is -1.76. The van der Waals surface area contributed by atoms with Crippen LogP contribution in [0.2, 0.25) is 5.02 Å². The van der Waals surface area contributed by atoms with E-state index in [4.69, 9.17) is 11.6 Å². The molecule has 1 saturated carbocycles. The molecule has 0 radical (unpaired) electrons. The van der Waals surface area contributed by atoms with Crippen LogP contribution in [0, 0.1) is 11.8 Å². The number of carbonyl (C=O) groups is 4. The predicted octanol–water partition coefficient (Wildman–Crippen LogP) is 7.07. The van der Waals surface area contributed by atoms with Crippen molar-refractivity contribution in [2.24, 2.45) is 11.8 Å². The summed E-state index contributed by atoms with van der Waals surface area (Å²) in [5, 5.41) is 31.1. The third-order valence-electron chi connectivity index (χ3n) is 11.5. The Morgan fingerprint density at radius 2 is 1.62 bits per heavy atom. The van der Waals surface area contributed by atoms with E-state index in [0.717, 1.165) is 48.4 Å². The van der Waals surface area contributed by atoms with Crippen LogP contribution in [0.4, 0.5) is 4.79 Å². The minimum atomic E-state index is -1.62. The smallest absolute Gasteiger partial charge is 0.408 e. The molecule has 2 unspecified atom stereocenters. The number of rotatable bonds is 15. The number of fused-ring (bicyclic) bond motifs is 1. The molecular weight excluding hydrogens is 692 g/mol. The summed E-state index contributed by atoms with van der Waals surface area (Å²) in [6.07, 6.45) is 2.72. The lowest BCUT2D eigenvalue weighted by Gasteiger charge is -2.45. The van der Waals surface area contributed by atoms with Crippen molar-refractivity contribution in [2.75, 3.05) is 19.6 Å². The van der Waals surface area contributed by atoms with Crippen molar-refractivity contribution >= 4 is 46.2 Å². The van der Waals surface area contributed by atoms with Gasteiger partial charge in [-0.3, -0.25) is 19.3 Å². The molecule has 0 spiro atoms. The molecule has 1 aliphatic carbocycles. The first-order chi connectivity index (χ1) is 25.3. The fraction of sp³-hybridized carbons (Fsp3) is 0.524. The summed E-state index contributed by atoms with van der Waals surface area (Å²) in [4.78, 5) is 57.9. The van der Waals surface area contributed by atoms with E-state index in [1.807, 2.05) is 88.4 Å². The van der Waals surface area contributed by atoms with Gasteiger partial charge < -0.3 is 25.7 Å². The zero-order valence-corrected chi connectivity index (χ0v) is 32.1. The average molecular weight is 747 g/mol. The number of nitrogens with one attached hydrogen (secondary N) is 2. The second-order valence-corrected chi connectivity index (χ2v) is 15.7. The van der Waals surface area contributed by atoms with Crippen LogP contribution in [0.3, 0.4) is 0 Å². The number of amides is 4. The van der Waals surface area contributed by atoms with Crippen LogP contribution in [-0.4, -0.2) is 81.6 Å². The number of halogens is 1. The van der Waals surface area contributed by atoms with Gasteiger partial charge in [0.25, 0.3) is 5.91 Å². The van der Waals surface area contributed by atoms with Crippen molar-refractivity contribution in [1.29, 1.82) is 0 Å². The summed E-state index contributed by atoms with van der Waals surface area (Å²) in [7, 11) is 0. The van der Waals surface area contributed by atoms with Crippen LogP contribution in [0.1, 0.15) is 96.2 Å². The van der Waals surface area contributed by atoms with Crippen molar-refractivity contribution in [3.63, 3.8) is 0 Å². The zero-order chi connectivity index (χ0) is 38.3. The quantitative estimate of drug-likeness (QED) is 0.131. The molecule has 5 rings (SSSR count). The van der Waals surface area contributed by atoms with Crippen LogP contribution >= 0.6 is 11.6 Å². The molecule has 4 amide bonds. The van der Waals surface area contributed by atoms with Crippen LogP contribution in [0.5, 0.6) is 0 Å². The minimum absolute atomic E-state index is 0.0388. The summed E-state index contributed by atoms with van der Waals surface area (Å²) >= 11 is 6.52. The van der Waals surface area contributed by atoms with Crippen molar-refractivity contribution < 1.29 is 29.4 Å². The molecule has 10 nitrogen and oxygen atoms in total. The molecule has 1 heterocycles. The Kier molecular flexibility index (Phi) is 13.4. The van der Waals surface area contributed by atoms with Crippen molar-refractivity contribution in [3.05, 3.63) is 82.9 Å². The molecule has 3 aromatic rings. The third kappa shape index (κ3) is 9.33. The molecule has 2 aliphatic rings. The Labute approximate surface area is 318 Å². The summed E-state index contributed by atoms with van der Waals surface area (Å²) in [6.45, 7) is 8.75. The zero-order valence-electron chi connectivity index (χ0n) is 31.4. The molecule has 4 N–H and O–H groups in total. The van der Waals surface area contributed by atoms with Crippen LogP contribution < -0.4 is 10.6 Å². The Bertz CT molecular complexity index is 1760. The van der Waals surface area contributed by atoms with E-state index < -0.39 is 53.5 Å². The molecule has 5 atom stereocenters. The predicted molar refractivity (Wildman–Crippen MR) is 208 cm³/mol. The van der Waals surface area contributed by atoms with Gasteiger partial charge >= 0.3 is 6.09 Å². The lowest BCUT2D eigenvalue weighted by atomic mass is 9.73. The van der Waals surface area contributed by atoms with Gasteiger partial charge in [0.05, 0.1) is 12.1 Å². The third-order valence-corrected chi connectivity index (χ3v) is 11.7. The molecule has 0 aromatic heterocycles. The van der Waals surface area contributed by atoms with E-state index in [0.29, 0.717) is 36.6 Å². The van der Waals surface area contributed by atoms with Gasteiger partial charge in [-0.25, -0.2) is 4.79 Å². The number of carbonyl (C=O) groups excluding carboxylic acids is 3. The highest BCUT2D eigenvalue weighted by atomic mass is 35.5. The topological polar surface area (TPSA) is 139 Å². The van der Waals surface area contributed by atoms with Crippen molar-refractivity contribution in [3.8, 4) is 0 Å². The minimum Gasteiger partial charge on any atom is -0.465 e. The number of likely N-dealkylation sites (N-methyl/N-ethyl adjacent to an activating group) is 1. The normalized spacial score (nSPS) is 18.8. The molecule has 1 saturated heterocycles. The molecule has 11 heteroatoms. The molecular formula is C42H55ClN4O6. The largest absolute Gasteiger partial charge is 0.465 e. The highest BCUT2D eigenvalue weighted by molar-refractivity contribution is 6.30. The van der Waals surface area contributed by atoms with E-state index in [2.05, 4.69) is 10.6 Å². The SMILES string of the molecule is CCN(CC)C(=O)C(O)[C@H](C[C@@H]1CCNC1=O)NC(=O)[C@H](CC1CCCCC1)N(C(=O)O)C(c1ccc2ccccc2c1)C(C)(C)c1cccc(Cl)c1. The van der Waals surface area contributed by atoms with Crippen molar-refractivity contribution in [2.45, 2.75) is 109 Å². The van der Waals surface area contributed by atoms with Crippen molar-refractivity contribution in [1.82, 2.24) is 20.4 Å². The van der Waals surface area contributed by atoms with Gasteiger partial charge in [-0.05, 0) is 79.1 Å². The Morgan fingerprint density at radius 1 is 0.925 bits per heavy atom. The first kappa shape index (κ1) is 40.0. The highest BCUT2D eigenvalue weighted by Crippen LogP contribution is 2.45. The summed E-state index contributed by atoms with van der Waals surface area (Å²) in [6, 6.07) is 18.0. The van der Waals surface area contributed by atoms with Gasteiger partial charge in [0.1, 0.15) is 6.04 Å². The lowest BCUT2D eigenvalue weighted by molar-refractivity contribution is -0.143. The van der Waals surface area contributed by atoms with E-state index >= 15 is 0 Å². The monoisotopic (exact) mass is 746 g/mol. The molecule has 286 valence electrons. The van der Waals surface area contributed by atoms with Crippen LogP contribution in [0.25, 0.3) is 10.8 Å². The molecule has 1 aliphatic heterocycles. The van der Waals surface area contributed by atoms with E-state index in [1.165, 1.54) is 9.80 Å². The number of aliphatic hydroxyl groups is 1. The number of hydrogen-bond acceptors (Lipinski definition) is 5. The van der Waals surface area contributed by atoms with E-state index in [9.17, 15) is 29.4 Å². The van der Waals surface area contributed by atoms with Gasteiger partial charge in [0.2, 0.25) is 11.8 Å². The number of benzene rings is 3. The maximum atomic E-state index is 15.0. The number of nitrogens with zero attached hydrogens (tertiary/aromatic N) is 2.